The van der Waals surface area contributed by atoms with E-state index in [4.69, 9.17) is 5.73 Å². The van der Waals surface area contributed by atoms with E-state index < -0.39 is 11.6 Å². The van der Waals surface area contributed by atoms with Gasteiger partial charge in [-0.25, -0.2) is 13.8 Å². The zero-order chi connectivity index (χ0) is 23.1. The molecule has 4 aromatic rings. The maximum atomic E-state index is 14.5. The van der Waals surface area contributed by atoms with Gasteiger partial charge in [-0.05, 0) is 74.1 Å². The molecule has 0 saturated heterocycles. The van der Waals surface area contributed by atoms with Crippen molar-refractivity contribution in [1.29, 1.82) is 0 Å². The van der Waals surface area contributed by atoms with Crippen molar-refractivity contribution in [1.82, 2.24) is 19.6 Å². The molecule has 5 rings (SSSR count). The molecule has 1 aliphatic rings. The summed E-state index contributed by atoms with van der Waals surface area (Å²) in [7, 11) is 0. The highest BCUT2D eigenvalue weighted by Crippen LogP contribution is 2.36. The van der Waals surface area contributed by atoms with E-state index in [1.165, 1.54) is 17.7 Å². The third kappa shape index (κ3) is 4.09. The van der Waals surface area contributed by atoms with Gasteiger partial charge in [0.25, 0.3) is 0 Å². The van der Waals surface area contributed by atoms with E-state index in [9.17, 15) is 8.78 Å². The summed E-state index contributed by atoms with van der Waals surface area (Å²) in [6, 6.07) is 7.92. The van der Waals surface area contributed by atoms with Gasteiger partial charge in [-0.3, -0.25) is 4.98 Å². The number of nitrogens with one attached hydrogen (secondary N) is 1. The Balaban J connectivity index is 1.53. The van der Waals surface area contributed by atoms with Gasteiger partial charge in [0.15, 0.2) is 0 Å². The molecule has 2 atom stereocenters. The van der Waals surface area contributed by atoms with Crippen LogP contribution in [0.15, 0.2) is 60.6 Å². The molecule has 0 aliphatic heterocycles. The highest BCUT2D eigenvalue weighted by molar-refractivity contribution is 5.66. The zero-order valence-corrected chi connectivity index (χ0v) is 18.4. The van der Waals surface area contributed by atoms with Crippen LogP contribution in [-0.2, 0) is 0 Å². The Kier molecular flexibility index (Phi) is 5.38. The van der Waals surface area contributed by atoms with Crippen molar-refractivity contribution in [3.8, 4) is 11.3 Å². The summed E-state index contributed by atoms with van der Waals surface area (Å²) in [5, 5.41) is 7.80. The van der Waals surface area contributed by atoms with Gasteiger partial charge < -0.3 is 11.1 Å². The zero-order valence-electron chi connectivity index (χ0n) is 18.4. The van der Waals surface area contributed by atoms with E-state index in [2.05, 4.69) is 33.4 Å². The minimum atomic E-state index is -0.652. The number of anilines is 2. The number of halogens is 2. The first-order chi connectivity index (χ1) is 15.9. The standard InChI is InChI=1S/C25H24F2N6/c1-14-7-16(11-17(28)8-14)19-5-6-29-13-23(19)31-25-30-12-18-3-4-22(32-33(18)25)24-20(26)9-15(2)10-21(24)27/h3-6,8-10,12-13,16-17H,7,11,28H2,1-2H3,(H,30,31). The molecule has 2 unspecified atom stereocenters. The summed E-state index contributed by atoms with van der Waals surface area (Å²) in [6.07, 6.45) is 9.04. The number of hydrogen-bond acceptors (Lipinski definition) is 5. The fraction of sp³-hybridized carbons (Fsp3) is 0.240. The summed E-state index contributed by atoms with van der Waals surface area (Å²) < 4.78 is 30.6. The summed E-state index contributed by atoms with van der Waals surface area (Å²) >= 11 is 0. The molecule has 6 nitrogen and oxygen atoms in total. The van der Waals surface area contributed by atoms with Gasteiger partial charge in [0.05, 0.1) is 34.9 Å². The number of rotatable bonds is 4. The predicted octanol–water partition coefficient (Wildman–Crippen LogP) is 5.27. The topological polar surface area (TPSA) is 81.1 Å². The van der Waals surface area contributed by atoms with Crippen molar-refractivity contribution in [3.63, 3.8) is 0 Å². The lowest BCUT2D eigenvalue weighted by Crippen LogP contribution is -2.25. The summed E-state index contributed by atoms with van der Waals surface area (Å²) in [5.74, 6) is -0.622. The number of benzene rings is 1. The van der Waals surface area contributed by atoms with Crippen LogP contribution in [0, 0.1) is 18.6 Å². The number of fused-ring (bicyclic) bond motifs is 1. The van der Waals surface area contributed by atoms with Crippen molar-refractivity contribution >= 4 is 17.2 Å². The van der Waals surface area contributed by atoms with E-state index in [0.29, 0.717) is 17.0 Å². The highest BCUT2D eigenvalue weighted by Gasteiger charge is 2.23. The third-order valence-electron chi connectivity index (χ3n) is 5.99. The second-order valence-corrected chi connectivity index (χ2v) is 8.64. The molecule has 0 fully saturated rings. The lowest BCUT2D eigenvalue weighted by Gasteiger charge is -2.27. The quantitative estimate of drug-likeness (QED) is 0.417. The van der Waals surface area contributed by atoms with Gasteiger partial charge in [-0.1, -0.05) is 11.6 Å². The maximum Gasteiger partial charge on any atom is 0.229 e. The molecule has 1 aromatic carbocycles. The van der Waals surface area contributed by atoms with E-state index >= 15 is 0 Å². The van der Waals surface area contributed by atoms with Crippen LogP contribution in [0.25, 0.3) is 16.8 Å². The monoisotopic (exact) mass is 446 g/mol. The minimum Gasteiger partial charge on any atom is -0.324 e. The molecule has 3 N–H and O–H groups in total. The fourth-order valence-corrected chi connectivity index (χ4v) is 4.57. The van der Waals surface area contributed by atoms with Gasteiger partial charge in [-0.15, -0.1) is 0 Å². The van der Waals surface area contributed by atoms with Gasteiger partial charge in [0.2, 0.25) is 5.95 Å². The number of imidazole rings is 1. The smallest absolute Gasteiger partial charge is 0.229 e. The predicted molar refractivity (Wildman–Crippen MR) is 124 cm³/mol. The van der Waals surface area contributed by atoms with Crippen LogP contribution in [-0.4, -0.2) is 25.6 Å². The summed E-state index contributed by atoms with van der Waals surface area (Å²) in [6.45, 7) is 3.74. The number of pyridine rings is 1. The highest BCUT2D eigenvalue weighted by atomic mass is 19.1. The van der Waals surface area contributed by atoms with Crippen LogP contribution < -0.4 is 11.1 Å². The second-order valence-electron chi connectivity index (χ2n) is 8.64. The lowest BCUT2D eigenvalue weighted by atomic mass is 9.82. The molecule has 0 amide bonds. The maximum absolute atomic E-state index is 14.5. The number of aryl methyl sites for hydroxylation is 1. The number of hydrogen-bond donors (Lipinski definition) is 2. The van der Waals surface area contributed by atoms with Crippen molar-refractivity contribution in [2.75, 3.05) is 5.32 Å². The molecule has 3 heterocycles. The Bertz CT molecular complexity index is 1350. The molecule has 0 radical (unpaired) electrons. The molecule has 1 aliphatic carbocycles. The van der Waals surface area contributed by atoms with Crippen LogP contribution in [0.3, 0.4) is 0 Å². The average molecular weight is 447 g/mol. The van der Waals surface area contributed by atoms with E-state index in [0.717, 1.165) is 24.1 Å². The van der Waals surface area contributed by atoms with Crippen molar-refractivity contribution in [3.05, 3.63) is 83.3 Å². The summed E-state index contributed by atoms with van der Waals surface area (Å²) in [4.78, 5) is 8.71. The van der Waals surface area contributed by atoms with Gasteiger partial charge in [0.1, 0.15) is 11.6 Å². The normalized spacial score (nSPS) is 18.4. The number of allylic oxidation sites excluding steroid dienone is 1. The number of nitrogens with two attached hydrogens (primary N) is 1. The van der Waals surface area contributed by atoms with Crippen molar-refractivity contribution in [2.24, 2.45) is 5.73 Å². The van der Waals surface area contributed by atoms with Crippen LogP contribution in [0.1, 0.15) is 36.8 Å². The van der Waals surface area contributed by atoms with Crippen LogP contribution >= 0.6 is 0 Å². The van der Waals surface area contributed by atoms with Crippen molar-refractivity contribution in [2.45, 2.75) is 38.6 Å². The second kappa shape index (κ2) is 8.37. The van der Waals surface area contributed by atoms with Crippen LogP contribution in [0.4, 0.5) is 20.4 Å². The first-order valence-corrected chi connectivity index (χ1v) is 10.8. The third-order valence-corrected chi connectivity index (χ3v) is 5.99. The first-order valence-electron chi connectivity index (χ1n) is 10.8. The Morgan fingerprint density at radius 1 is 1.09 bits per heavy atom. The van der Waals surface area contributed by atoms with Gasteiger partial charge in [0, 0.05) is 12.2 Å². The van der Waals surface area contributed by atoms with E-state index in [1.807, 2.05) is 6.07 Å². The minimum absolute atomic E-state index is 0.0144. The van der Waals surface area contributed by atoms with Gasteiger partial charge >= 0.3 is 0 Å². The van der Waals surface area contributed by atoms with E-state index in [1.54, 1.807) is 42.2 Å². The van der Waals surface area contributed by atoms with Gasteiger partial charge in [-0.2, -0.15) is 9.61 Å². The Morgan fingerprint density at radius 2 is 1.88 bits per heavy atom. The molecule has 0 saturated carbocycles. The van der Waals surface area contributed by atoms with Crippen LogP contribution in [0.2, 0.25) is 0 Å². The molecule has 0 bridgehead atoms. The Morgan fingerprint density at radius 3 is 2.64 bits per heavy atom. The summed E-state index contributed by atoms with van der Waals surface area (Å²) in [5.41, 5.74) is 10.6. The number of aromatic nitrogens is 4. The Labute approximate surface area is 190 Å². The van der Waals surface area contributed by atoms with Crippen LogP contribution in [0.5, 0.6) is 0 Å². The largest absolute Gasteiger partial charge is 0.324 e. The first kappa shape index (κ1) is 21.2. The van der Waals surface area contributed by atoms with Crippen molar-refractivity contribution < 1.29 is 8.78 Å². The van der Waals surface area contributed by atoms with E-state index in [-0.39, 0.29) is 23.2 Å². The molecule has 0 spiro atoms. The Hall–Kier alpha value is -3.65. The average Bonchev–Trinajstić information content (AvgIpc) is 3.15. The lowest BCUT2D eigenvalue weighted by molar-refractivity contribution is 0.545. The molecule has 8 heteroatoms. The molecule has 168 valence electrons. The molecular weight excluding hydrogens is 422 g/mol. The molecule has 3 aromatic heterocycles. The number of nitrogens with zero attached hydrogens (tertiary/aromatic N) is 4. The molecular formula is C25H24F2N6. The fourth-order valence-electron chi connectivity index (χ4n) is 4.57. The molecule has 33 heavy (non-hydrogen) atoms. The SMILES string of the molecule is CC1=CC(N)CC(c2ccncc2Nc2ncc3ccc(-c4c(F)cc(C)cc4F)nn23)C1.